The number of benzene rings is 2. The molecular formula is C21H20N2O3. The molecule has 0 aliphatic heterocycles. The number of hydrogen-bond donors (Lipinski definition) is 1. The minimum atomic E-state index is -1.01. The number of nitrogens with one attached hydrogen (secondary N) is 1. The summed E-state index contributed by atoms with van der Waals surface area (Å²) in [5.74, 6) is 0.295. The first-order valence-electron chi connectivity index (χ1n) is 8.41. The van der Waals surface area contributed by atoms with Gasteiger partial charge in [-0.1, -0.05) is 44.2 Å². The minimum absolute atomic E-state index is 0.137. The van der Waals surface area contributed by atoms with Crippen LogP contribution in [0, 0.1) is 34.0 Å². The Hall–Kier alpha value is -3.13. The Kier molecular flexibility index (Phi) is 4.77. The molecule has 5 nitrogen and oxygen atoms in total. The molecule has 0 radical (unpaired) electrons. The van der Waals surface area contributed by atoms with Crippen molar-refractivity contribution in [1.82, 2.24) is 0 Å². The van der Waals surface area contributed by atoms with E-state index in [0.29, 0.717) is 17.1 Å². The summed E-state index contributed by atoms with van der Waals surface area (Å²) in [7, 11) is 0. The van der Waals surface area contributed by atoms with Gasteiger partial charge in [0.1, 0.15) is 17.6 Å². The molecular weight excluding hydrogens is 328 g/mol. The molecule has 132 valence electrons. The molecule has 2 aromatic carbocycles. The van der Waals surface area contributed by atoms with Crippen molar-refractivity contribution in [2.24, 2.45) is 17.3 Å². The largest absolute Gasteiger partial charge is 0.457 e. The number of hydrogen-bond acceptors (Lipinski definition) is 5. The van der Waals surface area contributed by atoms with E-state index in [0.717, 1.165) is 0 Å². The topological polar surface area (TPSA) is 83.2 Å². The van der Waals surface area contributed by atoms with Gasteiger partial charge < -0.3 is 14.9 Å². The third-order valence-electron chi connectivity index (χ3n) is 4.84. The van der Waals surface area contributed by atoms with Crippen LogP contribution in [0.3, 0.4) is 0 Å². The van der Waals surface area contributed by atoms with Crippen LogP contribution in [0.1, 0.15) is 25.5 Å². The summed E-state index contributed by atoms with van der Waals surface area (Å²) in [5, 5.41) is 16.9. The Bertz CT molecular complexity index is 855. The van der Waals surface area contributed by atoms with Crippen LogP contribution in [0.2, 0.25) is 0 Å². The Morgan fingerprint density at radius 1 is 1.19 bits per heavy atom. The summed E-state index contributed by atoms with van der Waals surface area (Å²) < 4.78 is 11.2. The van der Waals surface area contributed by atoms with Gasteiger partial charge in [-0.25, -0.2) is 0 Å². The zero-order valence-electron chi connectivity index (χ0n) is 14.7. The molecule has 1 N–H and O–H groups in total. The van der Waals surface area contributed by atoms with Crippen LogP contribution in [-0.2, 0) is 9.53 Å². The summed E-state index contributed by atoms with van der Waals surface area (Å²) in [6, 6.07) is 18.3. The van der Waals surface area contributed by atoms with Gasteiger partial charge in [0.25, 0.3) is 0 Å². The van der Waals surface area contributed by atoms with Gasteiger partial charge >= 0.3 is 5.97 Å². The maximum atomic E-state index is 12.4. The van der Waals surface area contributed by atoms with Crippen LogP contribution in [0.4, 0.5) is 0 Å². The van der Waals surface area contributed by atoms with Crippen LogP contribution in [-0.4, -0.2) is 12.2 Å². The van der Waals surface area contributed by atoms with E-state index in [1.165, 1.54) is 6.21 Å². The lowest BCUT2D eigenvalue weighted by atomic mass is 10.1. The predicted octanol–water partition coefficient (Wildman–Crippen LogP) is 4.51. The zero-order valence-corrected chi connectivity index (χ0v) is 14.7. The van der Waals surface area contributed by atoms with Crippen molar-refractivity contribution < 1.29 is 14.3 Å². The van der Waals surface area contributed by atoms with E-state index in [-0.39, 0.29) is 17.3 Å². The zero-order chi connectivity index (χ0) is 18.7. The highest BCUT2D eigenvalue weighted by molar-refractivity contribution is 5.85. The average Bonchev–Trinajstić information content (AvgIpc) is 3.21. The van der Waals surface area contributed by atoms with Gasteiger partial charge in [-0.15, -0.1) is 0 Å². The highest BCUT2D eigenvalue weighted by Crippen LogP contribution is 2.57. The van der Waals surface area contributed by atoms with Crippen molar-refractivity contribution >= 4 is 12.2 Å². The number of nitrogens with zero attached hydrogens (tertiary/aromatic N) is 1. The normalized spacial score (nSPS) is 21.1. The minimum Gasteiger partial charge on any atom is -0.457 e. The molecule has 0 heterocycles. The Morgan fingerprint density at radius 2 is 1.88 bits per heavy atom. The first-order valence-corrected chi connectivity index (χ1v) is 8.41. The van der Waals surface area contributed by atoms with Gasteiger partial charge in [-0.05, 0) is 35.9 Å². The molecule has 0 amide bonds. The van der Waals surface area contributed by atoms with Gasteiger partial charge in [0.15, 0.2) is 0 Å². The van der Waals surface area contributed by atoms with Gasteiger partial charge in [0.05, 0.1) is 5.92 Å². The summed E-state index contributed by atoms with van der Waals surface area (Å²) >= 11 is 0. The Labute approximate surface area is 152 Å². The molecule has 26 heavy (non-hydrogen) atoms. The third-order valence-corrected chi connectivity index (χ3v) is 4.84. The first kappa shape index (κ1) is 17.7. The monoisotopic (exact) mass is 348 g/mol. The molecule has 2 aromatic rings. The number of carbonyl (C=O) groups excluding carboxylic acids is 1. The number of carbonyl (C=O) groups is 1. The smallest absolute Gasteiger partial charge is 0.311 e. The fraction of sp³-hybridized carbons (Fsp3) is 0.286. The van der Waals surface area contributed by atoms with E-state index >= 15 is 0 Å². The van der Waals surface area contributed by atoms with Crippen LogP contribution in [0.15, 0.2) is 54.6 Å². The number of esters is 1. The molecule has 1 saturated carbocycles. The second-order valence-corrected chi connectivity index (χ2v) is 6.93. The number of rotatable bonds is 6. The van der Waals surface area contributed by atoms with Crippen molar-refractivity contribution in [1.29, 1.82) is 10.7 Å². The van der Waals surface area contributed by atoms with E-state index in [1.807, 2.05) is 50.2 Å². The maximum absolute atomic E-state index is 12.4. The molecule has 1 aliphatic carbocycles. The van der Waals surface area contributed by atoms with Crippen molar-refractivity contribution in [3.8, 4) is 17.6 Å². The molecule has 5 heteroatoms. The molecule has 1 fully saturated rings. The lowest BCUT2D eigenvalue weighted by molar-refractivity contribution is -0.149. The summed E-state index contributed by atoms with van der Waals surface area (Å²) in [6.45, 7) is 3.84. The molecule has 3 atom stereocenters. The lowest BCUT2D eigenvalue weighted by Crippen LogP contribution is -2.14. The fourth-order valence-electron chi connectivity index (χ4n) is 3.16. The molecule has 0 bridgehead atoms. The molecule has 0 spiro atoms. The molecule has 0 aromatic heterocycles. The van der Waals surface area contributed by atoms with E-state index in [1.54, 1.807) is 24.3 Å². The second-order valence-electron chi connectivity index (χ2n) is 6.93. The fourth-order valence-corrected chi connectivity index (χ4v) is 3.16. The Morgan fingerprint density at radius 3 is 2.50 bits per heavy atom. The third kappa shape index (κ3) is 3.45. The van der Waals surface area contributed by atoms with E-state index in [2.05, 4.69) is 0 Å². The number of ether oxygens (including phenoxy) is 2. The quantitative estimate of drug-likeness (QED) is 0.615. The highest BCUT2D eigenvalue weighted by atomic mass is 16.5. The van der Waals surface area contributed by atoms with Gasteiger partial charge in [-0.3, -0.25) is 4.79 Å². The van der Waals surface area contributed by atoms with Crippen molar-refractivity contribution in [3.63, 3.8) is 0 Å². The van der Waals surface area contributed by atoms with Crippen molar-refractivity contribution in [2.75, 3.05) is 0 Å². The number of nitriles is 1. The maximum Gasteiger partial charge on any atom is 0.311 e. The van der Waals surface area contributed by atoms with Gasteiger partial charge in [0.2, 0.25) is 6.10 Å². The molecule has 2 unspecified atom stereocenters. The second kappa shape index (κ2) is 7.01. The summed E-state index contributed by atoms with van der Waals surface area (Å²) in [4.78, 5) is 12.4. The summed E-state index contributed by atoms with van der Waals surface area (Å²) in [6.07, 6.45) is 0.270. The first-order chi connectivity index (χ1) is 12.5. The predicted molar refractivity (Wildman–Crippen MR) is 96.9 cm³/mol. The van der Waals surface area contributed by atoms with E-state index < -0.39 is 12.1 Å². The van der Waals surface area contributed by atoms with Crippen LogP contribution in [0.5, 0.6) is 11.5 Å². The van der Waals surface area contributed by atoms with E-state index in [4.69, 9.17) is 14.9 Å². The average molecular weight is 348 g/mol. The van der Waals surface area contributed by atoms with Gasteiger partial charge in [-0.2, -0.15) is 5.26 Å². The summed E-state index contributed by atoms with van der Waals surface area (Å²) in [5.41, 5.74) is 0.260. The van der Waals surface area contributed by atoms with Crippen molar-refractivity contribution in [2.45, 2.75) is 20.0 Å². The van der Waals surface area contributed by atoms with E-state index in [9.17, 15) is 10.1 Å². The standard InChI is InChI=1S/C21H20N2O3/c1-21(2)17(12-22)19(21)20(24)26-18(13-23)14-7-6-10-16(11-14)25-15-8-4-3-5-9-15/h3-12,17-19,22H,1-2H3/t17?,18-,19?/m0/s1. The van der Waals surface area contributed by atoms with Crippen LogP contribution >= 0.6 is 0 Å². The highest BCUT2D eigenvalue weighted by Gasteiger charge is 2.62. The van der Waals surface area contributed by atoms with Crippen LogP contribution in [0.25, 0.3) is 0 Å². The molecule has 0 saturated heterocycles. The molecule has 1 aliphatic rings. The molecule has 3 rings (SSSR count). The SMILES string of the molecule is CC1(C)C(C=N)C1C(=O)O[C@@H](C#N)c1cccc(Oc2ccccc2)c1. The number of para-hydroxylation sites is 1. The Balaban J connectivity index is 1.73. The lowest BCUT2D eigenvalue weighted by Gasteiger charge is -2.13. The van der Waals surface area contributed by atoms with Crippen LogP contribution < -0.4 is 4.74 Å². The van der Waals surface area contributed by atoms with Crippen molar-refractivity contribution in [3.05, 3.63) is 60.2 Å². The van der Waals surface area contributed by atoms with Gasteiger partial charge in [0, 0.05) is 11.5 Å².